The number of esters is 2. The van der Waals surface area contributed by atoms with E-state index in [-0.39, 0.29) is 29.7 Å². The normalized spacial score (nSPS) is 10.5. The van der Waals surface area contributed by atoms with Gasteiger partial charge in [0.1, 0.15) is 30.3 Å². The number of benzene rings is 2. The number of nitro groups is 1. The Labute approximate surface area is 184 Å². The molecule has 0 atom stereocenters. The molecule has 0 saturated carbocycles. The van der Waals surface area contributed by atoms with Crippen LogP contribution in [-0.4, -0.2) is 42.3 Å². The highest BCUT2D eigenvalue weighted by atomic mass is 35.5. The molecule has 174 valence electrons. The second-order valence-electron chi connectivity index (χ2n) is 5.66. The van der Waals surface area contributed by atoms with Crippen molar-refractivity contribution in [3.8, 4) is 11.5 Å². The third-order valence-electron chi connectivity index (χ3n) is 3.49. The van der Waals surface area contributed by atoms with E-state index in [0.717, 1.165) is 44.4 Å². The lowest BCUT2D eigenvalue weighted by Crippen LogP contribution is -2.14. The van der Waals surface area contributed by atoms with Crippen LogP contribution in [0, 0.1) is 10.1 Å². The zero-order valence-electron chi connectivity index (χ0n) is 16.6. The highest BCUT2D eigenvalue weighted by molar-refractivity contribution is 6.32. The summed E-state index contributed by atoms with van der Waals surface area (Å²) in [6.07, 6.45) is -4.60. The van der Waals surface area contributed by atoms with Crippen LogP contribution in [0.1, 0.15) is 22.8 Å². The van der Waals surface area contributed by atoms with Crippen LogP contribution in [0.5, 0.6) is 11.5 Å². The fraction of sp³-hybridized carbons (Fsp3) is 0.263. The Hall–Kier alpha value is -3.38. The summed E-state index contributed by atoms with van der Waals surface area (Å²) in [7, 11) is 1.00. The van der Waals surface area contributed by atoms with Gasteiger partial charge in [0, 0.05) is 26.2 Å². The maximum absolute atomic E-state index is 12.7. The molecule has 13 heteroatoms. The Morgan fingerprint density at radius 3 is 2.25 bits per heavy atom. The van der Waals surface area contributed by atoms with Gasteiger partial charge >= 0.3 is 18.1 Å². The molecule has 2 aromatic rings. The summed E-state index contributed by atoms with van der Waals surface area (Å²) < 4.78 is 52.9. The monoisotopic (exact) mass is 479 g/mol. The topological polar surface area (TPSA) is 125 Å². The number of halogens is 4. The number of ether oxygens (including phenoxy) is 3. The van der Waals surface area contributed by atoms with Crippen molar-refractivity contribution in [2.24, 2.45) is 0 Å². The number of aliphatic hydroxyl groups is 1. The predicted molar refractivity (Wildman–Crippen MR) is 105 cm³/mol. The van der Waals surface area contributed by atoms with Crippen LogP contribution in [0.15, 0.2) is 36.4 Å². The van der Waals surface area contributed by atoms with Gasteiger partial charge in [0.2, 0.25) is 0 Å². The van der Waals surface area contributed by atoms with Gasteiger partial charge in [-0.15, -0.1) is 0 Å². The average molecular weight is 480 g/mol. The molecule has 0 saturated heterocycles. The lowest BCUT2D eigenvalue weighted by molar-refractivity contribution is -0.385. The molecule has 0 amide bonds. The Morgan fingerprint density at radius 2 is 1.72 bits per heavy atom. The highest BCUT2D eigenvalue weighted by Crippen LogP contribution is 2.37. The van der Waals surface area contributed by atoms with Gasteiger partial charge in [0.05, 0.1) is 15.5 Å². The number of hydrogen-bond donors (Lipinski definition) is 1. The van der Waals surface area contributed by atoms with Gasteiger partial charge in [-0.25, -0.2) is 4.79 Å². The molecule has 32 heavy (non-hydrogen) atoms. The smallest absolute Gasteiger partial charge is 0.416 e. The van der Waals surface area contributed by atoms with Crippen LogP contribution < -0.4 is 4.74 Å². The lowest BCUT2D eigenvalue weighted by Gasteiger charge is -2.12. The number of carbonyl (C=O) groups is 2. The van der Waals surface area contributed by atoms with E-state index in [0.29, 0.717) is 6.07 Å². The van der Waals surface area contributed by atoms with Crippen molar-refractivity contribution < 1.29 is 47.0 Å². The first-order chi connectivity index (χ1) is 15.0. The van der Waals surface area contributed by atoms with Crippen LogP contribution in [0.3, 0.4) is 0 Å². The van der Waals surface area contributed by atoms with E-state index < -0.39 is 39.9 Å². The molecule has 0 aromatic heterocycles. The Kier molecular flexibility index (Phi) is 9.88. The minimum absolute atomic E-state index is 0.103. The average Bonchev–Trinajstić information content (AvgIpc) is 2.72. The van der Waals surface area contributed by atoms with Crippen LogP contribution in [0.25, 0.3) is 0 Å². The Bertz CT molecular complexity index is 982. The molecule has 0 spiro atoms. The van der Waals surface area contributed by atoms with Gasteiger partial charge in [-0.1, -0.05) is 11.6 Å². The van der Waals surface area contributed by atoms with Crippen LogP contribution >= 0.6 is 11.6 Å². The molecule has 0 heterocycles. The van der Waals surface area contributed by atoms with E-state index in [1.165, 1.54) is 0 Å². The highest BCUT2D eigenvalue weighted by Gasteiger charge is 2.31. The van der Waals surface area contributed by atoms with Gasteiger partial charge in [0.15, 0.2) is 0 Å². The number of alkyl halides is 3. The quantitative estimate of drug-likeness (QED) is 0.268. The van der Waals surface area contributed by atoms with Gasteiger partial charge in [0.25, 0.3) is 5.69 Å². The number of carbonyl (C=O) groups excluding carboxylic acids is 2. The standard InChI is InChI=1S/C18H13ClF3NO7.CH4O/c1-10(24)28-6-7-29-17(25)13-9-12(3-4-15(13)23(26)27)30-16-5-2-11(8-14(16)19)18(20,21)22;1-2/h2-5,8-9H,6-7H2,1H3;2H,1H3. The van der Waals surface area contributed by atoms with E-state index in [2.05, 4.69) is 4.74 Å². The second-order valence-corrected chi connectivity index (χ2v) is 6.06. The fourth-order valence-corrected chi connectivity index (χ4v) is 2.40. The van der Waals surface area contributed by atoms with Crippen LogP contribution in [0.4, 0.5) is 18.9 Å². The van der Waals surface area contributed by atoms with Gasteiger partial charge < -0.3 is 19.3 Å². The second kappa shape index (κ2) is 11.9. The van der Waals surface area contributed by atoms with Crippen molar-refractivity contribution in [1.29, 1.82) is 0 Å². The zero-order valence-corrected chi connectivity index (χ0v) is 17.4. The van der Waals surface area contributed by atoms with Crippen molar-refractivity contribution in [2.45, 2.75) is 13.1 Å². The van der Waals surface area contributed by atoms with Crippen molar-refractivity contribution in [2.75, 3.05) is 20.3 Å². The summed E-state index contributed by atoms with van der Waals surface area (Å²) >= 11 is 5.81. The van der Waals surface area contributed by atoms with Crippen molar-refractivity contribution >= 4 is 29.2 Å². The van der Waals surface area contributed by atoms with E-state index >= 15 is 0 Å². The third-order valence-corrected chi connectivity index (χ3v) is 3.79. The first-order valence-corrected chi connectivity index (χ1v) is 8.95. The first kappa shape index (κ1) is 26.7. The predicted octanol–water partition coefficient (Wildman–Crippen LogP) is 4.39. The van der Waals surface area contributed by atoms with Crippen LogP contribution in [0.2, 0.25) is 5.02 Å². The molecule has 0 radical (unpaired) electrons. The summed E-state index contributed by atoms with van der Waals surface area (Å²) in [5.74, 6) is -1.94. The number of aliphatic hydroxyl groups excluding tert-OH is 1. The molecule has 2 aromatic carbocycles. The third kappa shape index (κ3) is 7.71. The lowest BCUT2D eigenvalue weighted by atomic mass is 10.1. The first-order valence-electron chi connectivity index (χ1n) is 8.57. The summed E-state index contributed by atoms with van der Waals surface area (Å²) in [5.41, 5.74) is -2.04. The van der Waals surface area contributed by atoms with Gasteiger partial charge in [-0.3, -0.25) is 14.9 Å². The zero-order chi connectivity index (χ0) is 24.5. The molecule has 0 aliphatic carbocycles. The molecule has 0 aliphatic rings. The Morgan fingerprint density at radius 1 is 1.09 bits per heavy atom. The van der Waals surface area contributed by atoms with E-state index in [4.69, 9.17) is 26.2 Å². The number of nitro benzene ring substituents is 1. The minimum Gasteiger partial charge on any atom is -0.462 e. The molecule has 0 unspecified atom stereocenters. The number of rotatable bonds is 7. The minimum atomic E-state index is -4.60. The van der Waals surface area contributed by atoms with E-state index in [1.54, 1.807) is 0 Å². The van der Waals surface area contributed by atoms with Gasteiger partial charge in [-0.05, 0) is 24.3 Å². The summed E-state index contributed by atoms with van der Waals surface area (Å²) in [5, 5.41) is 17.8. The fourth-order valence-electron chi connectivity index (χ4n) is 2.19. The molecule has 0 fully saturated rings. The molecule has 0 aliphatic heterocycles. The molecule has 0 bridgehead atoms. The van der Waals surface area contributed by atoms with E-state index in [1.807, 2.05) is 0 Å². The molecule has 9 nitrogen and oxygen atoms in total. The van der Waals surface area contributed by atoms with Crippen molar-refractivity contribution in [3.63, 3.8) is 0 Å². The number of hydrogen-bond acceptors (Lipinski definition) is 8. The maximum atomic E-state index is 12.7. The molecule has 1 N–H and O–H groups in total. The van der Waals surface area contributed by atoms with Crippen molar-refractivity contribution in [1.82, 2.24) is 0 Å². The van der Waals surface area contributed by atoms with Crippen molar-refractivity contribution in [3.05, 3.63) is 62.7 Å². The van der Waals surface area contributed by atoms with E-state index in [9.17, 15) is 32.9 Å². The molecular weight excluding hydrogens is 463 g/mol. The molecule has 2 rings (SSSR count). The number of nitrogens with zero attached hydrogens (tertiary/aromatic N) is 1. The summed E-state index contributed by atoms with van der Waals surface area (Å²) in [4.78, 5) is 33.2. The Balaban J connectivity index is 0.00000249. The summed E-state index contributed by atoms with van der Waals surface area (Å²) in [6.45, 7) is 0.567. The largest absolute Gasteiger partial charge is 0.462 e. The van der Waals surface area contributed by atoms with Crippen LogP contribution in [-0.2, 0) is 20.4 Å². The molecular formula is C19H17ClF3NO8. The van der Waals surface area contributed by atoms with Gasteiger partial charge in [-0.2, -0.15) is 13.2 Å². The summed E-state index contributed by atoms with van der Waals surface area (Å²) in [6, 6.07) is 5.48. The maximum Gasteiger partial charge on any atom is 0.416 e. The SMILES string of the molecule is CC(=O)OCCOC(=O)c1cc(Oc2ccc(C(F)(F)F)cc2Cl)ccc1[N+](=O)[O-].CO.